The fraction of sp³-hybridized carbons (Fsp3) is 0.909. The van der Waals surface area contributed by atoms with Crippen LogP contribution >= 0.6 is 24.0 Å². The van der Waals surface area contributed by atoms with E-state index in [-0.39, 0.29) is 24.0 Å². The molecule has 1 fully saturated rings. The van der Waals surface area contributed by atoms with Crippen molar-refractivity contribution in [3.63, 3.8) is 0 Å². The molecule has 0 saturated carbocycles. The number of aliphatic imine (C=N–C) groups is 1. The molecule has 2 heterocycles. The molecular weight excluding hydrogens is 331 g/mol. The standard InChI is InChI=1S/C11H22N4O.HI/c1-10-9-16-8-7-15(10)6-5-14-11-12-3-2-4-13-11;/h10H,2-9H2,1H3,(H2,12,13,14);1H. The minimum absolute atomic E-state index is 0. The molecule has 0 spiro atoms. The van der Waals surface area contributed by atoms with Crippen molar-refractivity contribution in [3.8, 4) is 0 Å². The first-order valence-electron chi connectivity index (χ1n) is 6.20. The largest absolute Gasteiger partial charge is 0.379 e. The van der Waals surface area contributed by atoms with Gasteiger partial charge in [-0.3, -0.25) is 9.89 Å². The maximum Gasteiger partial charge on any atom is 0.191 e. The number of guanidine groups is 1. The van der Waals surface area contributed by atoms with Gasteiger partial charge in [-0.15, -0.1) is 24.0 Å². The lowest BCUT2D eigenvalue weighted by atomic mass is 10.2. The van der Waals surface area contributed by atoms with E-state index in [1.54, 1.807) is 0 Å². The van der Waals surface area contributed by atoms with Crippen LogP contribution < -0.4 is 10.6 Å². The topological polar surface area (TPSA) is 48.9 Å². The zero-order valence-electron chi connectivity index (χ0n) is 10.4. The van der Waals surface area contributed by atoms with Crippen LogP contribution in [0.1, 0.15) is 13.3 Å². The Hall–Kier alpha value is -0.0800. The highest BCUT2D eigenvalue weighted by Gasteiger charge is 2.17. The number of halogens is 1. The molecule has 1 unspecified atom stereocenters. The predicted octanol–water partition coefficient (Wildman–Crippen LogP) is 0.264. The van der Waals surface area contributed by atoms with E-state index in [1.807, 2.05) is 0 Å². The van der Waals surface area contributed by atoms with Crippen LogP contribution in [0.4, 0.5) is 0 Å². The summed E-state index contributed by atoms with van der Waals surface area (Å²) >= 11 is 0. The number of hydrogen-bond donors (Lipinski definition) is 2. The normalized spacial score (nSPS) is 25.5. The Morgan fingerprint density at radius 3 is 3.18 bits per heavy atom. The third kappa shape index (κ3) is 4.97. The van der Waals surface area contributed by atoms with Gasteiger partial charge in [0, 0.05) is 38.8 Å². The maximum atomic E-state index is 5.41. The van der Waals surface area contributed by atoms with Gasteiger partial charge in [0.2, 0.25) is 0 Å². The van der Waals surface area contributed by atoms with Gasteiger partial charge in [0.25, 0.3) is 0 Å². The molecule has 5 nitrogen and oxygen atoms in total. The number of rotatable bonds is 3. The smallest absolute Gasteiger partial charge is 0.191 e. The molecule has 1 atom stereocenters. The summed E-state index contributed by atoms with van der Waals surface area (Å²) in [6.07, 6.45) is 1.14. The Balaban J connectivity index is 0.00000144. The number of ether oxygens (including phenoxy) is 1. The van der Waals surface area contributed by atoms with Gasteiger partial charge in [0.15, 0.2) is 5.96 Å². The second kappa shape index (κ2) is 8.10. The molecule has 2 aliphatic heterocycles. The van der Waals surface area contributed by atoms with E-state index in [2.05, 4.69) is 27.4 Å². The lowest BCUT2D eigenvalue weighted by molar-refractivity contribution is 0.000876. The molecule has 6 heteroatoms. The van der Waals surface area contributed by atoms with Crippen molar-refractivity contribution < 1.29 is 4.74 Å². The first-order chi connectivity index (χ1) is 7.86. The highest BCUT2D eigenvalue weighted by Crippen LogP contribution is 2.04. The average molecular weight is 354 g/mol. The molecule has 2 aliphatic rings. The second-order valence-electron chi connectivity index (χ2n) is 4.40. The van der Waals surface area contributed by atoms with Crippen LogP contribution in [0.25, 0.3) is 0 Å². The minimum atomic E-state index is 0. The summed E-state index contributed by atoms with van der Waals surface area (Å²) in [5.41, 5.74) is 0. The van der Waals surface area contributed by atoms with Crippen LogP contribution in [0.5, 0.6) is 0 Å². The molecule has 17 heavy (non-hydrogen) atoms. The van der Waals surface area contributed by atoms with E-state index in [9.17, 15) is 0 Å². The van der Waals surface area contributed by atoms with Gasteiger partial charge in [-0.05, 0) is 13.3 Å². The highest BCUT2D eigenvalue weighted by molar-refractivity contribution is 14.0. The van der Waals surface area contributed by atoms with Gasteiger partial charge in [-0.1, -0.05) is 0 Å². The first-order valence-corrected chi connectivity index (χ1v) is 6.20. The Kier molecular flexibility index (Phi) is 7.14. The van der Waals surface area contributed by atoms with E-state index < -0.39 is 0 Å². The molecule has 0 amide bonds. The summed E-state index contributed by atoms with van der Waals surface area (Å²) in [6, 6.07) is 0.539. The van der Waals surface area contributed by atoms with E-state index in [1.165, 1.54) is 0 Å². The van der Waals surface area contributed by atoms with E-state index in [0.29, 0.717) is 6.04 Å². The Bertz CT molecular complexity index is 250. The molecule has 100 valence electrons. The number of morpholine rings is 1. The molecular formula is C11H23IN4O. The molecule has 0 aromatic rings. The molecule has 2 rings (SSSR count). The quantitative estimate of drug-likeness (QED) is 0.715. The summed E-state index contributed by atoms with van der Waals surface area (Å²) < 4.78 is 5.41. The molecule has 0 aromatic heterocycles. The zero-order chi connectivity index (χ0) is 11.2. The van der Waals surface area contributed by atoms with Crippen molar-refractivity contribution in [2.75, 3.05) is 45.9 Å². The van der Waals surface area contributed by atoms with E-state index in [0.717, 1.165) is 58.3 Å². The van der Waals surface area contributed by atoms with Gasteiger partial charge in [0.1, 0.15) is 0 Å². The summed E-state index contributed by atoms with van der Waals surface area (Å²) in [6.45, 7) is 8.99. The number of nitrogens with one attached hydrogen (secondary N) is 2. The van der Waals surface area contributed by atoms with Crippen molar-refractivity contribution in [2.45, 2.75) is 19.4 Å². The fourth-order valence-corrected chi connectivity index (χ4v) is 2.06. The highest BCUT2D eigenvalue weighted by atomic mass is 127. The summed E-state index contributed by atoms with van der Waals surface area (Å²) in [7, 11) is 0. The van der Waals surface area contributed by atoms with Gasteiger partial charge < -0.3 is 15.4 Å². The summed E-state index contributed by atoms with van der Waals surface area (Å²) in [5, 5.41) is 6.61. The van der Waals surface area contributed by atoms with Crippen molar-refractivity contribution in [3.05, 3.63) is 0 Å². The first kappa shape index (κ1) is 15.0. The van der Waals surface area contributed by atoms with E-state index in [4.69, 9.17) is 4.74 Å². The van der Waals surface area contributed by atoms with Crippen molar-refractivity contribution in [2.24, 2.45) is 4.99 Å². The van der Waals surface area contributed by atoms with Crippen molar-refractivity contribution in [1.29, 1.82) is 0 Å². The molecule has 0 bridgehead atoms. The second-order valence-corrected chi connectivity index (χ2v) is 4.40. The van der Waals surface area contributed by atoms with Crippen LogP contribution in [-0.4, -0.2) is 62.8 Å². The number of nitrogens with zero attached hydrogens (tertiary/aromatic N) is 2. The Morgan fingerprint density at radius 2 is 2.47 bits per heavy atom. The third-order valence-electron chi connectivity index (χ3n) is 3.09. The molecule has 0 aliphatic carbocycles. The fourth-order valence-electron chi connectivity index (χ4n) is 2.06. The molecule has 1 saturated heterocycles. The van der Waals surface area contributed by atoms with Crippen molar-refractivity contribution in [1.82, 2.24) is 15.5 Å². The molecule has 0 radical (unpaired) electrons. The van der Waals surface area contributed by atoms with Crippen LogP contribution in [-0.2, 0) is 4.74 Å². The molecule has 2 N–H and O–H groups in total. The van der Waals surface area contributed by atoms with Crippen LogP contribution in [0.2, 0.25) is 0 Å². The third-order valence-corrected chi connectivity index (χ3v) is 3.09. The zero-order valence-corrected chi connectivity index (χ0v) is 12.8. The number of hydrogen-bond acceptors (Lipinski definition) is 5. The summed E-state index contributed by atoms with van der Waals surface area (Å²) in [4.78, 5) is 6.84. The summed E-state index contributed by atoms with van der Waals surface area (Å²) in [5.74, 6) is 0.965. The van der Waals surface area contributed by atoms with Crippen LogP contribution in [0.3, 0.4) is 0 Å². The maximum absolute atomic E-state index is 5.41. The minimum Gasteiger partial charge on any atom is -0.379 e. The van der Waals surface area contributed by atoms with Gasteiger partial charge in [-0.25, -0.2) is 0 Å². The van der Waals surface area contributed by atoms with Gasteiger partial charge in [0.05, 0.1) is 13.2 Å². The van der Waals surface area contributed by atoms with Gasteiger partial charge in [-0.2, -0.15) is 0 Å². The average Bonchev–Trinajstić information content (AvgIpc) is 2.33. The SMILES string of the molecule is CC1COCCN1CCNC1=NCCCN1.I. The van der Waals surface area contributed by atoms with E-state index >= 15 is 0 Å². The lowest BCUT2D eigenvalue weighted by Crippen LogP contribution is -2.48. The monoisotopic (exact) mass is 354 g/mol. The molecule has 0 aromatic carbocycles. The Morgan fingerprint density at radius 1 is 1.59 bits per heavy atom. The predicted molar refractivity (Wildman–Crippen MR) is 80.2 cm³/mol. The van der Waals surface area contributed by atoms with Gasteiger partial charge >= 0.3 is 0 Å². The van der Waals surface area contributed by atoms with Crippen LogP contribution in [0.15, 0.2) is 4.99 Å². The lowest BCUT2D eigenvalue weighted by Gasteiger charge is -2.33. The Labute approximate surface area is 120 Å². The van der Waals surface area contributed by atoms with Crippen molar-refractivity contribution >= 4 is 29.9 Å². The van der Waals surface area contributed by atoms with Crippen LogP contribution in [0, 0.1) is 0 Å².